The van der Waals surface area contributed by atoms with Crippen LogP contribution in [0.1, 0.15) is 37.0 Å². The van der Waals surface area contributed by atoms with E-state index in [1.807, 2.05) is 0 Å². The highest BCUT2D eigenvalue weighted by Crippen LogP contribution is 2.24. The summed E-state index contributed by atoms with van der Waals surface area (Å²) in [5, 5.41) is 0. The Morgan fingerprint density at radius 2 is 2.12 bits per heavy atom. The summed E-state index contributed by atoms with van der Waals surface area (Å²) in [4.78, 5) is 5.91. The fourth-order valence-corrected chi connectivity index (χ4v) is 3.78. The first-order valence-electron chi connectivity index (χ1n) is 6.30. The van der Waals surface area contributed by atoms with Crippen LogP contribution in [0.15, 0.2) is 20.9 Å². The fourth-order valence-electron chi connectivity index (χ4n) is 2.31. The van der Waals surface area contributed by atoms with Crippen molar-refractivity contribution >= 4 is 33.1 Å². The number of aliphatic imine (C=N–C) groups is 1. The molecule has 2 nitrogen and oxygen atoms in total. The van der Waals surface area contributed by atoms with Gasteiger partial charge in [0.25, 0.3) is 0 Å². The van der Waals surface area contributed by atoms with Gasteiger partial charge in [-0.15, -0.1) is 11.3 Å². The molecule has 1 fully saturated rings. The van der Waals surface area contributed by atoms with Crippen LogP contribution < -0.4 is 5.73 Å². The Hall–Kier alpha value is -0.350. The molecule has 1 aromatic rings. The normalized spacial score (nSPS) is 18.5. The van der Waals surface area contributed by atoms with Gasteiger partial charge < -0.3 is 5.73 Å². The Kier molecular flexibility index (Phi) is 5.04. The lowest BCUT2D eigenvalue weighted by atomic mass is 9.88. The van der Waals surface area contributed by atoms with E-state index >= 15 is 0 Å². The summed E-state index contributed by atoms with van der Waals surface area (Å²) in [5.41, 5.74) is 6.06. The largest absolute Gasteiger partial charge is 0.387 e. The minimum atomic E-state index is 0.554. The molecule has 0 aliphatic heterocycles. The molecule has 0 radical (unpaired) electrons. The highest BCUT2D eigenvalue weighted by Gasteiger charge is 2.16. The first kappa shape index (κ1) is 13.1. The highest BCUT2D eigenvalue weighted by atomic mass is 79.9. The van der Waals surface area contributed by atoms with Crippen LogP contribution in [0, 0.1) is 5.92 Å². The third-order valence-electron chi connectivity index (χ3n) is 3.30. The average molecular weight is 315 g/mol. The van der Waals surface area contributed by atoms with Gasteiger partial charge in [-0.3, -0.25) is 4.99 Å². The molecule has 4 heteroatoms. The van der Waals surface area contributed by atoms with E-state index in [9.17, 15) is 0 Å². The van der Waals surface area contributed by atoms with E-state index in [4.69, 9.17) is 5.73 Å². The van der Waals surface area contributed by atoms with Crippen molar-refractivity contribution in [1.29, 1.82) is 0 Å². The lowest BCUT2D eigenvalue weighted by Gasteiger charge is -2.20. The van der Waals surface area contributed by atoms with Crippen LogP contribution in [0.4, 0.5) is 0 Å². The molecular formula is C13H19BrN2S. The maximum Gasteiger partial charge on any atom is 0.0968 e. The molecule has 0 amide bonds. The lowest BCUT2D eigenvalue weighted by Crippen LogP contribution is -2.26. The van der Waals surface area contributed by atoms with Gasteiger partial charge in [-0.25, -0.2) is 0 Å². The monoisotopic (exact) mass is 314 g/mol. The zero-order valence-corrected chi connectivity index (χ0v) is 12.4. The predicted molar refractivity (Wildman–Crippen MR) is 78.8 cm³/mol. The quantitative estimate of drug-likeness (QED) is 0.662. The van der Waals surface area contributed by atoms with Gasteiger partial charge in [0.2, 0.25) is 0 Å². The number of nitrogens with two attached hydrogens (primary N) is 1. The molecule has 2 rings (SSSR count). The van der Waals surface area contributed by atoms with E-state index in [0.29, 0.717) is 5.92 Å². The topological polar surface area (TPSA) is 38.4 Å². The van der Waals surface area contributed by atoms with E-state index in [1.54, 1.807) is 11.3 Å². The standard InChI is InChI=1S/C13H19BrN2S/c14-12-7-6-11(17-12)8-9-16-13(15)10-4-2-1-3-5-10/h6-7,10H,1-5,8-9H2,(H2,15,16). The maximum atomic E-state index is 6.06. The van der Waals surface area contributed by atoms with E-state index in [1.165, 1.54) is 40.8 Å². The molecule has 0 unspecified atom stereocenters. The van der Waals surface area contributed by atoms with E-state index in [0.717, 1.165) is 18.8 Å². The van der Waals surface area contributed by atoms with Crippen LogP contribution in [0.5, 0.6) is 0 Å². The Balaban J connectivity index is 1.79. The number of nitrogens with zero attached hydrogens (tertiary/aromatic N) is 1. The zero-order chi connectivity index (χ0) is 12.1. The van der Waals surface area contributed by atoms with Crippen molar-refractivity contribution in [2.75, 3.05) is 6.54 Å². The molecule has 0 bridgehead atoms. The van der Waals surface area contributed by atoms with Crippen LogP contribution >= 0.6 is 27.3 Å². The van der Waals surface area contributed by atoms with Gasteiger partial charge in [0.05, 0.1) is 9.62 Å². The minimum absolute atomic E-state index is 0.554. The van der Waals surface area contributed by atoms with Gasteiger partial charge in [-0.1, -0.05) is 19.3 Å². The Morgan fingerprint density at radius 3 is 2.76 bits per heavy atom. The van der Waals surface area contributed by atoms with Crippen LogP contribution in [-0.4, -0.2) is 12.4 Å². The van der Waals surface area contributed by atoms with E-state index < -0.39 is 0 Å². The minimum Gasteiger partial charge on any atom is -0.387 e. The summed E-state index contributed by atoms with van der Waals surface area (Å²) in [6, 6.07) is 4.25. The number of thiophene rings is 1. The van der Waals surface area contributed by atoms with Crippen molar-refractivity contribution in [3.8, 4) is 0 Å². The summed E-state index contributed by atoms with van der Waals surface area (Å²) >= 11 is 5.26. The van der Waals surface area contributed by atoms with Gasteiger partial charge in [-0.2, -0.15) is 0 Å². The summed E-state index contributed by atoms with van der Waals surface area (Å²) in [7, 11) is 0. The first-order chi connectivity index (χ1) is 8.25. The second-order valence-electron chi connectivity index (χ2n) is 4.60. The second-order valence-corrected chi connectivity index (χ2v) is 7.14. The van der Waals surface area contributed by atoms with E-state index in [-0.39, 0.29) is 0 Å². The molecule has 0 saturated heterocycles. The zero-order valence-electron chi connectivity index (χ0n) is 9.99. The van der Waals surface area contributed by atoms with Crippen molar-refractivity contribution in [2.45, 2.75) is 38.5 Å². The number of rotatable bonds is 4. The molecule has 1 aliphatic rings. The summed E-state index contributed by atoms with van der Waals surface area (Å²) in [5.74, 6) is 1.44. The van der Waals surface area contributed by atoms with Crippen LogP contribution in [-0.2, 0) is 6.42 Å². The molecule has 1 aromatic heterocycles. The van der Waals surface area contributed by atoms with Crippen LogP contribution in [0.2, 0.25) is 0 Å². The number of hydrogen-bond acceptors (Lipinski definition) is 2. The third kappa shape index (κ3) is 4.11. The Morgan fingerprint density at radius 1 is 1.35 bits per heavy atom. The van der Waals surface area contributed by atoms with Gasteiger partial charge in [-0.05, 0) is 40.9 Å². The molecule has 94 valence electrons. The smallest absolute Gasteiger partial charge is 0.0968 e. The summed E-state index contributed by atoms with van der Waals surface area (Å²) in [6.45, 7) is 0.829. The number of hydrogen-bond donors (Lipinski definition) is 1. The van der Waals surface area contributed by atoms with Crippen molar-refractivity contribution < 1.29 is 0 Å². The molecule has 2 N–H and O–H groups in total. The summed E-state index contributed by atoms with van der Waals surface area (Å²) < 4.78 is 1.19. The van der Waals surface area contributed by atoms with Crippen molar-refractivity contribution in [1.82, 2.24) is 0 Å². The van der Waals surface area contributed by atoms with Gasteiger partial charge in [0, 0.05) is 23.8 Å². The van der Waals surface area contributed by atoms with E-state index in [2.05, 4.69) is 33.1 Å². The number of amidine groups is 1. The molecule has 1 aliphatic carbocycles. The molecule has 0 atom stereocenters. The van der Waals surface area contributed by atoms with Gasteiger partial charge in [0.15, 0.2) is 0 Å². The van der Waals surface area contributed by atoms with Crippen molar-refractivity contribution in [2.24, 2.45) is 16.6 Å². The molecule has 0 aromatic carbocycles. The molecule has 17 heavy (non-hydrogen) atoms. The second kappa shape index (κ2) is 6.55. The predicted octanol–water partition coefficient (Wildman–Crippen LogP) is 3.99. The molecule has 0 spiro atoms. The van der Waals surface area contributed by atoms with Crippen LogP contribution in [0.25, 0.3) is 0 Å². The lowest BCUT2D eigenvalue weighted by molar-refractivity contribution is 0.436. The number of halogens is 1. The Labute approximate surface area is 115 Å². The maximum absolute atomic E-state index is 6.06. The van der Waals surface area contributed by atoms with Gasteiger partial charge in [0.1, 0.15) is 0 Å². The fraction of sp³-hybridized carbons (Fsp3) is 0.615. The highest BCUT2D eigenvalue weighted by molar-refractivity contribution is 9.11. The van der Waals surface area contributed by atoms with Crippen LogP contribution in [0.3, 0.4) is 0 Å². The first-order valence-corrected chi connectivity index (χ1v) is 7.90. The molecular weight excluding hydrogens is 296 g/mol. The van der Waals surface area contributed by atoms with Crippen molar-refractivity contribution in [3.63, 3.8) is 0 Å². The van der Waals surface area contributed by atoms with Gasteiger partial charge >= 0.3 is 0 Å². The van der Waals surface area contributed by atoms with Crippen molar-refractivity contribution in [3.05, 3.63) is 20.8 Å². The summed E-state index contributed by atoms with van der Waals surface area (Å²) in [6.07, 6.45) is 7.48. The SMILES string of the molecule is NC(=NCCc1ccc(Br)s1)C1CCCCC1. The average Bonchev–Trinajstić information content (AvgIpc) is 2.76. The Bertz CT molecular complexity index is 381. The molecule has 1 saturated carbocycles. The third-order valence-corrected chi connectivity index (χ3v) is 4.99. The molecule has 1 heterocycles.